The largest absolute Gasteiger partial charge is 0.478 e. The summed E-state index contributed by atoms with van der Waals surface area (Å²) in [4.78, 5) is 12.0. The number of nitrogens with one attached hydrogen (secondary N) is 1. The number of benzene rings is 2. The third-order valence-electron chi connectivity index (χ3n) is 3.79. The molecule has 0 aromatic heterocycles. The van der Waals surface area contributed by atoms with Gasteiger partial charge in [-0.25, -0.2) is 5.43 Å². The van der Waals surface area contributed by atoms with Gasteiger partial charge in [0.15, 0.2) is 6.61 Å². The van der Waals surface area contributed by atoms with E-state index in [1.807, 2.05) is 30.3 Å². The van der Waals surface area contributed by atoms with E-state index in [4.69, 9.17) is 10.00 Å². The molecule has 2 rings (SSSR count). The van der Waals surface area contributed by atoms with Crippen LogP contribution in [-0.2, 0) is 16.6 Å². The van der Waals surface area contributed by atoms with E-state index >= 15 is 0 Å². The normalized spacial score (nSPS) is 11.2. The van der Waals surface area contributed by atoms with E-state index in [1.54, 1.807) is 12.1 Å². The first kappa shape index (κ1) is 19.2. The lowest BCUT2D eigenvalue weighted by Gasteiger charge is -2.19. The molecule has 0 radical (unpaired) electrons. The first-order chi connectivity index (χ1) is 12.4. The molecule has 0 saturated heterocycles. The van der Waals surface area contributed by atoms with Gasteiger partial charge in [0.05, 0.1) is 12.6 Å². The molecular weight excluding hydrogens is 326 g/mol. The summed E-state index contributed by atoms with van der Waals surface area (Å²) in [6.45, 7) is 6.42. The van der Waals surface area contributed by atoms with E-state index in [-0.39, 0.29) is 24.3 Å². The zero-order valence-electron chi connectivity index (χ0n) is 15.3. The molecule has 0 heterocycles. The second-order valence-electron chi connectivity index (χ2n) is 6.90. The van der Waals surface area contributed by atoms with Crippen molar-refractivity contribution in [3.63, 3.8) is 0 Å². The van der Waals surface area contributed by atoms with Gasteiger partial charge in [-0.15, -0.1) is 0 Å². The van der Waals surface area contributed by atoms with Crippen molar-refractivity contribution in [3.8, 4) is 11.8 Å². The Bertz CT molecular complexity index is 812. The summed E-state index contributed by atoms with van der Waals surface area (Å²) < 4.78 is 5.31. The van der Waals surface area contributed by atoms with Gasteiger partial charge in [-0.2, -0.15) is 10.4 Å². The molecule has 0 saturated carbocycles. The third-order valence-corrected chi connectivity index (χ3v) is 3.79. The molecule has 5 heteroatoms. The quantitative estimate of drug-likeness (QED) is 0.640. The Labute approximate surface area is 154 Å². The number of amides is 1. The maximum Gasteiger partial charge on any atom is 0.244 e. The number of hydrazone groups is 1. The van der Waals surface area contributed by atoms with Gasteiger partial charge in [-0.05, 0) is 28.7 Å². The van der Waals surface area contributed by atoms with Gasteiger partial charge < -0.3 is 4.74 Å². The van der Waals surface area contributed by atoms with Crippen molar-refractivity contribution < 1.29 is 9.53 Å². The van der Waals surface area contributed by atoms with Crippen molar-refractivity contribution in [2.75, 3.05) is 6.61 Å². The number of rotatable bonds is 6. The van der Waals surface area contributed by atoms with Crippen molar-refractivity contribution in [3.05, 3.63) is 65.2 Å². The average molecular weight is 349 g/mol. The molecule has 0 unspecified atom stereocenters. The number of ether oxygens (including phenoxy) is 1. The SMILES string of the molecule is CC(C)(C)c1ccc(CC(=O)N/N=C\c2ccccc2OCC#N)cc1. The standard InChI is InChI=1S/C21H23N3O2/c1-21(2,3)18-10-8-16(9-11-18)14-20(25)24-23-15-17-6-4-5-7-19(17)26-13-12-22/h4-11,15H,13-14H2,1-3H3,(H,24,25)/b23-15-. The lowest BCUT2D eigenvalue weighted by molar-refractivity contribution is -0.120. The number of carbonyl (C=O) groups is 1. The molecule has 26 heavy (non-hydrogen) atoms. The summed E-state index contributed by atoms with van der Waals surface area (Å²) in [6, 6.07) is 17.1. The van der Waals surface area contributed by atoms with Crippen molar-refractivity contribution in [1.29, 1.82) is 5.26 Å². The van der Waals surface area contributed by atoms with Crippen LogP contribution in [0.2, 0.25) is 0 Å². The minimum atomic E-state index is -0.194. The highest BCUT2D eigenvalue weighted by molar-refractivity contribution is 5.85. The van der Waals surface area contributed by atoms with E-state index < -0.39 is 0 Å². The van der Waals surface area contributed by atoms with Crippen LogP contribution in [0.5, 0.6) is 5.75 Å². The summed E-state index contributed by atoms with van der Waals surface area (Å²) in [5.41, 5.74) is 5.46. The Hall–Kier alpha value is -3.13. The van der Waals surface area contributed by atoms with Crippen LogP contribution in [-0.4, -0.2) is 18.7 Å². The van der Waals surface area contributed by atoms with Crippen LogP contribution in [0.4, 0.5) is 0 Å². The van der Waals surface area contributed by atoms with Crippen molar-refractivity contribution in [2.45, 2.75) is 32.6 Å². The molecule has 0 bridgehead atoms. The zero-order chi connectivity index (χ0) is 19.0. The summed E-state index contributed by atoms with van der Waals surface area (Å²) in [6.07, 6.45) is 1.77. The number of para-hydroxylation sites is 1. The van der Waals surface area contributed by atoms with Crippen LogP contribution < -0.4 is 10.2 Å². The Morgan fingerprint density at radius 3 is 2.54 bits per heavy atom. The fraction of sp³-hybridized carbons (Fsp3) is 0.286. The first-order valence-corrected chi connectivity index (χ1v) is 8.40. The molecule has 1 amide bonds. The highest BCUT2D eigenvalue weighted by Crippen LogP contribution is 2.22. The molecule has 0 aliphatic heterocycles. The number of hydrogen-bond acceptors (Lipinski definition) is 4. The monoisotopic (exact) mass is 349 g/mol. The zero-order valence-corrected chi connectivity index (χ0v) is 15.3. The molecular formula is C21H23N3O2. The second kappa shape index (κ2) is 8.82. The Morgan fingerprint density at radius 2 is 1.88 bits per heavy atom. The number of hydrogen-bond donors (Lipinski definition) is 1. The molecule has 1 N–H and O–H groups in total. The van der Waals surface area contributed by atoms with Crippen LogP contribution in [0, 0.1) is 11.3 Å². The van der Waals surface area contributed by atoms with Gasteiger partial charge in [-0.1, -0.05) is 57.2 Å². The average Bonchev–Trinajstić information content (AvgIpc) is 2.60. The predicted octanol–water partition coefficient (Wildman–Crippen LogP) is 3.58. The lowest BCUT2D eigenvalue weighted by atomic mass is 9.86. The van der Waals surface area contributed by atoms with Crippen LogP contribution >= 0.6 is 0 Å². The third kappa shape index (κ3) is 5.75. The van der Waals surface area contributed by atoms with E-state index in [2.05, 4.69) is 43.4 Å². The van der Waals surface area contributed by atoms with Gasteiger partial charge in [-0.3, -0.25) is 4.79 Å². The minimum Gasteiger partial charge on any atom is -0.478 e. The number of nitriles is 1. The van der Waals surface area contributed by atoms with Crippen LogP contribution in [0.15, 0.2) is 53.6 Å². The first-order valence-electron chi connectivity index (χ1n) is 8.40. The molecule has 134 valence electrons. The van der Waals surface area contributed by atoms with Gasteiger partial charge in [0.25, 0.3) is 0 Å². The van der Waals surface area contributed by atoms with Crippen LogP contribution in [0.1, 0.15) is 37.5 Å². The Kier molecular flexibility index (Phi) is 6.51. The van der Waals surface area contributed by atoms with Gasteiger partial charge in [0.2, 0.25) is 5.91 Å². The molecule has 5 nitrogen and oxygen atoms in total. The predicted molar refractivity (Wildman–Crippen MR) is 102 cm³/mol. The molecule has 0 fully saturated rings. The van der Waals surface area contributed by atoms with Crippen molar-refractivity contribution in [1.82, 2.24) is 5.43 Å². The summed E-state index contributed by atoms with van der Waals surface area (Å²) >= 11 is 0. The summed E-state index contributed by atoms with van der Waals surface area (Å²) in [7, 11) is 0. The summed E-state index contributed by atoms with van der Waals surface area (Å²) in [5, 5.41) is 12.6. The number of nitrogens with zero attached hydrogens (tertiary/aromatic N) is 2. The van der Waals surface area contributed by atoms with Crippen molar-refractivity contribution in [2.24, 2.45) is 5.10 Å². The Morgan fingerprint density at radius 1 is 1.19 bits per heavy atom. The van der Waals surface area contributed by atoms with Crippen LogP contribution in [0.3, 0.4) is 0 Å². The second-order valence-corrected chi connectivity index (χ2v) is 6.90. The van der Waals surface area contributed by atoms with Gasteiger partial charge >= 0.3 is 0 Å². The highest BCUT2D eigenvalue weighted by atomic mass is 16.5. The van der Waals surface area contributed by atoms with Gasteiger partial charge in [0, 0.05) is 5.56 Å². The Balaban J connectivity index is 1.93. The maximum absolute atomic E-state index is 12.0. The molecule has 0 aliphatic rings. The van der Waals surface area contributed by atoms with E-state index in [0.717, 1.165) is 5.56 Å². The summed E-state index contributed by atoms with van der Waals surface area (Å²) in [5.74, 6) is 0.352. The molecule has 2 aromatic carbocycles. The smallest absolute Gasteiger partial charge is 0.244 e. The molecule has 0 spiro atoms. The van der Waals surface area contributed by atoms with E-state index in [9.17, 15) is 4.79 Å². The lowest BCUT2D eigenvalue weighted by Crippen LogP contribution is -2.20. The van der Waals surface area contributed by atoms with E-state index in [1.165, 1.54) is 11.8 Å². The van der Waals surface area contributed by atoms with Crippen LogP contribution in [0.25, 0.3) is 0 Å². The van der Waals surface area contributed by atoms with Crippen molar-refractivity contribution >= 4 is 12.1 Å². The maximum atomic E-state index is 12.0. The van der Waals surface area contributed by atoms with Gasteiger partial charge in [0.1, 0.15) is 11.8 Å². The highest BCUT2D eigenvalue weighted by Gasteiger charge is 2.13. The molecule has 0 aliphatic carbocycles. The number of carbonyl (C=O) groups excluding carboxylic acids is 1. The topological polar surface area (TPSA) is 74.5 Å². The minimum absolute atomic E-state index is 0.0399. The fourth-order valence-corrected chi connectivity index (χ4v) is 2.35. The molecule has 2 aromatic rings. The fourth-order valence-electron chi connectivity index (χ4n) is 2.35. The van der Waals surface area contributed by atoms with E-state index in [0.29, 0.717) is 11.3 Å². The molecule has 0 atom stereocenters.